The molecular weight excluding hydrogens is 331 g/mol. The zero-order valence-corrected chi connectivity index (χ0v) is 13.7. The van der Waals surface area contributed by atoms with E-state index in [9.17, 15) is 18.0 Å². The molecule has 1 aliphatic carbocycles. The first kappa shape index (κ1) is 17.5. The van der Waals surface area contributed by atoms with E-state index >= 15 is 0 Å². The minimum absolute atomic E-state index is 0.0227. The molecule has 1 heterocycles. The van der Waals surface area contributed by atoms with Crippen molar-refractivity contribution in [2.24, 2.45) is 11.8 Å². The first-order valence-electron chi connectivity index (χ1n) is 8.37. The number of alkyl halides is 3. The zero-order valence-electron chi connectivity index (χ0n) is 13.7. The monoisotopic (exact) mass is 351 g/mol. The molecule has 7 heteroatoms. The molecule has 0 saturated heterocycles. The van der Waals surface area contributed by atoms with Crippen molar-refractivity contribution < 1.29 is 18.0 Å². The summed E-state index contributed by atoms with van der Waals surface area (Å²) in [5.74, 6) is -3.15. The summed E-state index contributed by atoms with van der Waals surface area (Å²) < 4.78 is 41.1. The van der Waals surface area contributed by atoms with Gasteiger partial charge >= 0.3 is 6.18 Å². The minimum atomic E-state index is -4.33. The molecule has 0 spiro atoms. The first-order chi connectivity index (χ1) is 11.9. The molecule has 134 valence electrons. The number of carbonyl (C=O) groups excluding carboxylic acids is 1. The molecule has 1 aromatic heterocycles. The van der Waals surface area contributed by atoms with E-state index in [0.717, 1.165) is 5.56 Å². The molecule has 25 heavy (non-hydrogen) atoms. The van der Waals surface area contributed by atoms with Crippen LogP contribution in [0.3, 0.4) is 0 Å². The lowest BCUT2D eigenvalue weighted by Crippen LogP contribution is -2.39. The van der Waals surface area contributed by atoms with Crippen molar-refractivity contribution in [3.63, 3.8) is 0 Å². The van der Waals surface area contributed by atoms with Crippen LogP contribution < -0.4 is 5.32 Å². The highest BCUT2D eigenvalue weighted by molar-refractivity contribution is 5.92. The van der Waals surface area contributed by atoms with Crippen LogP contribution in [0.5, 0.6) is 0 Å². The highest BCUT2D eigenvalue weighted by atomic mass is 19.4. The molecule has 0 unspecified atom stereocenters. The first-order valence-corrected chi connectivity index (χ1v) is 8.37. The lowest BCUT2D eigenvalue weighted by molar-refractivity contribution is -0.197. The Balaban J connectivity index is 1.64. The number of hydrogen-bond donors (Lipinski definition) is 1. The van der Waals surface area contributed by atoms with Gasteiger partial charge in [0.25, 0.3) is 0 Å². The number of hydrogen-bond acceptors (Lipinski definition) is 2. The number of benzene rings is 1. The fourth-order valence-corrected chi connectivity index (χ4v) is 3.36. The fourth-order valence-electron chi connectivity index (χ4n) is 3.36. The van der Waals surface area contributed by atoms with Crippen LogP contribution in [0.4, 0.5) is 18.9 Å². The van der Waals surface area contributed by atoms with Gasteiger partial charge in [-0.25, -0.2) is 0 Å². The minimum Gasteiger partial charge on any atom is -0.323 e. The maximum atomic E-state index is 13.1. The van der Waals surface area contributed by atoms with Gasteiger partial charge in [0.2, 0.25) is 5.91 Å². The Labute approximate surface area is 144 Å². The number of anilines is 1. The number of carbonyl (C=O) groups is 1. The van der Waals surface area contributed by atoms with Crippen molar-refractivity contribution in [3.8, 4) is 0 Å². The summed E-state index contributed by atoms with van der Waals surface area (Å²) in [7, 11) is 0. The Morgan fingerprint density at radius 3 is 2.64 bits per heavy atom. The number of aromatic nitrogens is 2. The smallest absolute Gasteiger partial charge is 0.323 e. The molecule has 1 N–H and O–H groups in total. The van der Waals surface area contributed by atoms with Crippen LogP contribution in [0, 0.1) is 11.8 Å². The third-order valence-electron chi connectivity index (χ3n) is 4.61. The number of nitrogens with zero attached hydrogens (tertiary/aromatic N) is 2. The number of rotatable bonds is 4. The maximum absolute atomic E-state index is 13.1. The molecule has 3 rings (SSSR count). The van der Waals surface area contributed by atoms with Gasteiger partial charge in [0.05, 0.1) is 24.3 Å². The molecule has 1 saturated carbocycles. The molecule has 4 nitrogen and oxygen atoms in total. The highest BCUT2D eigenvalue weighted by Gasteiger charge is 2.48. The maximum Gasteiger partial charge on any atom is 0.392 e. The number of amides is 1. The van der Waals surface area contributed by atoms with Gasteiger partial charge in [-0.05, 0) is 18.4 Å². The molecule has 0 aliphatic heterocycles. The number of halogens is 3. The van der Waals surface area contributed by atoms with E-state index in [1.807, 2.05) is 30.3 Å². The molecule has 1 amide bonds. The third kappa shape index (κ3) is 4.41. The SMILES string of the molecule is O=C(Nc1cnn(Cc2ccccc2)c1)[C@@H]1CCCC[C@@H]1C(F)(F)F. The second kappa shape index (κ2) is 7.29. The van der Waals surface area contributed by atoms with Gasteiger partial charge in [0, 0.05) is 12.1 Å². The zero-order chi connectivity index (χ0) is 17.9. The van der Waals surface area contributed by atoms with E-state index in [4.69, 9.17) is 0 Å². The van der Waals surface area contributed by atoms with Crippen molar-refractivity contribution in [1.29, 1.82) is 0 Å². The van der Waals surface area contributed by atoms with Crippen molar-refractivity contribution in [3.05, 3.63) is 48.3 Å². The fraction of sp³-hybridized carbons (Fsp3) is 0.444. The van der Waals surface area contributed by atoms with Crippen molar-refractivity contribution in [2.45, 2.75) is 38.4 Å². The summed E-state index contributed by atoms with van der Waals surface area (Å²) in [6, 6.07) is 9.66. The second-order valence-corrected chi connectivity index (χ2v) is 6.44. The summed E-state index contributed by atoms with van der Waals surface area (Å²) in [6.07, 6.45) is 0.229. The Morgan fingerprint density at radius 1 is 1.20 bits per heavy atom. The van der Waals surface area contributed by atoms with Gasteiger partial charge in [0.1, 0.15) is 0 Å². The lowest BCUT2D eigenvalue weighted by Gasteiger charge is -2.31. The molecule has 2 atom stereocenters. The average molecular weight is 351 g/mol. The van der Waals surface area contributed by atoms with Crippen molar-refractivity contribution in [1.82, 2.24) is 9.78 Å². The van der Waals surface area contributed by atoms with E-state index in [-0.39, 0.29) is 12.8 Å². The topological polar surface area (TPSA) is 46.9 Å². The predicted molar refractivity (Wildman–Crippen MR) is 87.9 cm³/mol. The summed E-state index contributed by atoms with van der Waals surface area (Å²) in [5.41, 5.74) is 1.47. The molecule has 0 bridgehead atoms. The highest BCUT2D eigenvalue weighted by Crippen LogP contribution is 2.41. The normalized spacial score (nSPS) is 21.1. The molecular formula is C18H20F3N3O. The van der Waals surface area contributed by atoms with Gasteiger partial charge < -0.3 is 5.32 Å². The van der Waals surface area contributed by atoms with Crippen LogP contribution in [0.25, 0.3) is 0 Å². The molecule has 1 fully saturated rings. The van der Waals surface area contributed by atoms with Gasteiger partial charge in [-0.15, -0.1) is 0 Å². The van der Waals surface area contributed by atoms with E-state index in [2.05, 4.69) is 10.4 Å². The number of nitrogens with one attached hydrogen (secondary N) is 1. The summed E-state index contributed by atoms with van der Waals surface area (Å²) in [6.45, 7) is 0.533. The van der Waals surface area contributed by atoms with E-state index < -0.39 is 23.9 Å². The Bertz CT molecular complexity index is 712. The van der Waals surface area contributed by atoms with Crippen LogP contribution in [-0.4, -0.2) is 21.9 Å². The molecule has 0 radical (unpaired) electrons. The van der Waals surface area contributed by atoms with Gasteiger partial charge in [-0.2, -0.15) is 18.3 Å². The summed E-state index contributed by atoms with van der Waals surface area (Å²) in [4.78, 5) is 12.3. The van der Waals surface area contributed by atoms with Gasteiger partial charge in [0.15, 0.2) is 0 Å². The van der Waals surface area contributed by atoms with Crippen LogP contribution in [0.2, 0.25) is 0 Å². The Kier molecular flexibility index (Phi) is 5.11. The largest absolute Gasteiger partial charge is 0.392 e. The standard InChI is InChI=1S/C18H20F3N3O/c19-18(20,21)16-9-5-4-8-15(16)17(25)23-14-10-22-24(12-14)11-13-6-2-1-3-7-13/h1-3,6-7,10,12,15-16H,4-5,8-9,11H2,(H,23,25)/t15-,16+/m1/s1. The predicted octanol–water partition coefficient (Wildman–Crippen LogP) is 4.24. The molecule has 1 aliphatic rings. The Morgan fingerprint density at radius 2 is 1.92 bits per heavy atom. The molecule has 1 aromatic carbocycles. The van der Waals surface area contributed by atoms with E-state index in [1.165, 1.54) is 6.20 Å². The van der Waals surface area contributed by atoms with Crippen LogP contribution >= 0.6 is 0 Å². The summed E-state index contributed by atoms with van der Waals surface area (Å²) >= 11 is 0. The Hall–Kier alpha value is -2.31. The average Bonchev–Trinajstić information content (AvgIpc) is 3.02. The van der Waals surface area contributed by atoms with Crippen molar-refractivity contribution in [2.75, 3.05) is 5.32 Å². The quantitative estimate of drug-likeness (QED) is 0.896. The second-order valence-electron chi connectivity index (χ2n) is 6.44. The molecule has 2 aromatic rings. The van der Waals surface area contributed by atoms with Gasteiger partial charge in [-0.3, -0.25) is 9.48 Å². The third-order valence-corrected chi connectivity index (χ3v) is 4.61. The summed E-state index contributed by atoms with van der Waals surface area (Å²) in [5, 5.41) is 6.75. The lowest BCUT2D eigenvalue weighted by atomic mass is 9.78. The van der Waals surface area contributed by atoms with Crippen molar-refractivity contribution >= 4 is 11.6 Å². The van der Waals surface area contributed by atoms with E-state index in [0.29, 0.717) is 25.1 Å². The van der Waals surface area contributed by atoms with Crippen LogP contribution in [-0.2, 0) is 11.3 Å². The van der Waals surface area contributed by atoms with Gasteiger partial charge in [-0.1, -0.05) is 43.2 Å². The van der Waals surface area contributed by atoms with E-state index in [1.54, 1.807) is 10.9 Å². The van der Waals surface area contributed by atoms with Crippen LogP contribution in [0.15, 0.2) is 42.7 Å². The van der Waals surface area contributed by atoms with Crippen LogP contribution in [0.1, 0.15) is 31.2 Å².